The van der Waals surface area contributed by atoms with Crippen molar-refractivity contribution in [3.8, 4) is 0 Å². The van der Waals surface area contributed by atoms with E-state index in [1.54, 1.807) is 0 Å². The molecule has 0 aromatic rings. The van der Waals surface area contributed by atoms with Gasteiger partial charge in [0.25, 0.3) is 0 Å². The Hall–Kier alpha value is 0.137. The highest BCUT2D eigenvalue weighted by molar-refractivity contribution is 6.74. The largest absolute Gasteiger partial charge is 0.414 e. The van der Waals surface area contributed by atoms with Crippen molar-refractivity contribution in [3.63, 3.8) is 0 Å². The van der Waals surface area contributed by atoms with Gasteiger partial charge in [-0.1, -0.05) is 34.6 Å². The maximum atomic E-state index is 10.5. The van der Waals surface area contributed by atoms with E-state index in [1.165, 1.54) is 57.8 Å². The Bertz CT molecular complexity index is 637. The number of hydrogen-bond donors (Lipinski definition) is 1. The number of aliphatic hydroxyl groups is 1. The first-order chi connectivity index (χ1) is 13.8. The van der Waals surface area contributed by atoms with Gasteiger partial charge in [0.15, 0.2) is 8.32 Å². The number of hydrogen-bond acceptors (Lipinski definition) is 2. The molecule has 0 aromatic carbocycles. The quantitative estimate of drug-likeness (QED) is 0.468. The monoisotopic (exact) mass is 434 g/mol. The lowest BCUT2D eigenvalue weighted by Crippen LogP contribution is -2.55. The Morgan fingerprint density at radius 3 is 2.17 bits per heavy atom. The molecule has 174 valence electrons. The minimum atomic E-state index is -1.68. The lowest BCUT2D eigenvalue weighted by atomic mass is 9.44. The summed E-state index contributed by atoms with van der Waals surface area (Å²) in [6.07, 6.45) is 12.6. The van der Waals surface area contributed by atoms with Gasteiger partial charge in [-0.25, -0.2) is 0 Å². The molecule has 0 radical (unpaired) electrons. The van der Waals surface area contributed by atoms with E-state index in [1.807, 2.05) is 6.92 Å². The molecule has 30 heavy (non-hydrogen) atoms. The molecule has 0 bridgehead atoms. The maximum Gasteiger partial charge on any atom is 0.192 e. The van der Waals surface area contributed by atoms with E-state index >= 15 is 0 Å². The highest BCUT2D eigenvalue weighted by Gasteiger charge is 2.60. The van der Waals surface area contributed by atoms with Gasteiger partial charge in [-0.15, -0.1) is 0 Å². The average Bonchev–Trinajstić information content (AvgIpc) is 2.98. The zero-order chi connectivity index (χ0) is 22.1. The molecule has 9 atom stereocenters. The molecule has 3 unspecified atom stereocenters. The highest BCUT2D eigenvalue weighted by atomic mass is 28.4. The van der Waals surface area contributed by atoms with Crippen LogP contribution in [0.1, 0.15) is 99.3 Å². The van der Waals surface area contributed by atoms with Gasteiger partial charge in [0.1, 0.15) is 0 Å². The normalized spacial score (nSPS) is 47.9. The molecule has 0 saturated heterocycles. The van der Waals surface area contributed by atoms with Gasteiger partial charge in [0, 0.05) is 6.10 Å². The van der Waals surface area contributed by atoms with Gasteiger partial charge in [0.05, 0.1) is 6.10 Å². The predicted octanol–water partition coefficient (Wildman–Crippen LogP) is 7.42. The maximum absolute atomic E-state index is 10.5. The van der Waals surface area contributed by atoms with Crippen molar-refractivity contribution in [1.29, 1.82) is 0 Å². The van der Waals surface area contributed by atoms with E-state index in [-0.39, 0.29) is 6.10 Å². The SMILES string of the molecule is C[C@@H](O)[C@H]1CCC2C3CC[C@@H]4C[C@H](O[Si](C)(C)C(C)(C)C)CC[C@]4(C)C3CC[C@@]21C. The standard InChI is InChI=1S/C27H50O2Si/c1-18(28)22-11-12-23-21-10-9-19-17-20(29-30(7,8)25(2,3)4)13-15-26(19,5)24(21)14-16-27(22,23)6/h18-24,28H,9-17H2,1-8H3/t18-,19-,20-,21?,22-,23?,24?,26+,27-/m1/s1. The van der Waals surface area contributed by atoms with Crippen molar-refractivity contribution in [1.82, 2.24) is 0 Å². The second-order valence-corrected chi connectivity index (χ2v) is 18.7. The van der Waals surface area contributed by atoms with E-state index in [2.05, 4.69) is 47.7 Å². The van der Waals surface area contributed by atoms with Crippen LogP contribution in [0, 0.1) is 40.4 Å². The fraction of sp³-hybridized carbons (Fsp3) is 1.00. The van der Waals surface area contributed by atoms with Crippen molar-refractivity contribution < 1.29 is 9.53 Å². The second kappa shape index (κ2) is 7.59. The average molecular weight is 435 g/mol. The molecule has 0 amide bonds. The van der Waals surface area contributed by atoms with Gasteiger partial charge < -0.3 is 9.53 Å². The predicted molar refractivity (Wildman–Crippen MR) is 129 cm³/mol. The van der Waals surface area contributed by atoms with E-state index in [0.717, 1.165) is 23.7 Å². The summed E-state index contributed by atoms with van der Waals surface area (Å²) in [6, 6.07) is 0. The molecule has 0 aromatic heterocycles. The zero-order valence-corrected chi connectivity index (χ0v) is 22.3. The summed E-state index contributed by atoms with van der Waals surface area (Å²) >= 11 is 0. The van der Waals surface area contributed by atoms with Crippen molar-refractivity contribution in [2.75, 3.05) is 0 Å². The Balaban J connectivity index is 1.48. The summed E-state index contributed by atoms with van der Waals surface area (Å²) in [4.78, 5) is 0. The van der Waals surface area contributed by atoms with E-state index in [9.17, 15) is 5.11 Å². The molecular weight excluding hydrogens is 384 g/mol. The Morgan fingerprint density at radius 1 is 0.900 bits per heavy atom. The lowest BCUT2D eigenvalue weighted by Gasteiger charge is -2.61. The molecule has 4 aliphatic carbocycles. The summed E-state index contributed by atoms with van der Waals surface area (Å²) in [5.74, 6) is 4.07. The van der Waals surface area contributed by atoms with Crippen molar-refractivity contribution in [3.05, 3.63) is 0 Å². The van der Waals surface area contributed by atoms with Crippen LogP contribution in [0.5, 0.6) is 0 Å². The minimum absolute atomic E-state index is 0.133. The zero-order valence-electron chi connectivity index (χ0n) is 21.3. The molecule has 4 rings (SSSR count). The van der Waals surface area contributed by atoms with E-state index in [0.29, 0.717) is 27.9 Å². The molecule has 0 heterocycles. The molecule has 1 N–H and O–H groups in total. The van der Waals surface area contributed by atoms with Crippen LogP contribution in [-0.4, -0.2) is 25.6 Å². The van der Waals surface area contributed by atoms with Crippen LogP contribution < -0.4 is 0 Å². The van der Waals surface area contributed by atoms with Gasteiger partial charge in [-0.3, -0.25) is 0 Å². The Kier molecular flexibility index (Phi) is 5.89. The molecule has 2 nitrogen and oxygen atoms in total. The fourth-order valence-electron chi connectivity index (χ4n) is 8.75. The van der Waals surface area contributed by atoms with Gasteiger partial charge in [0.2, 0.25) is 0 Å². The van der Waals surface area contributed by atoms with E-state index < -0.39 is 8.32 Å². The van der Waals surface area contributed by atoms with E-state index in [4.69, 9.17) is 4.43 Å². The summed E-state index contributed by atoms with van der Waals surface area (Å²) in [5, 5.41) is 10.8. The van der Waals surface area contributed by atoms with Crippen LogP contribution in [0.25, 0.3) is 0 Å². The third-order valence-corrected chi connectivity index (χ3v) is 16.1. The first kappa shape index (κ1) is 23.3. The van der Waals surface area contributed by atoms with Gasteiger partial charge >= 0.3 is 0 Å². The van der Waals surface area contributed by atoms with Crippen LogP contribution in [0.4, 0.5) is 0 Å². The summed E-state index contributed by atoms with van der Waals surface area (Å²) in [6.45, 7) is 19.2. The summed E-state index contributed by atoms with van der Waals surface area (Å²) in [7, 11) is -1.68. The summed E-state index contributed by atoms with van der Waals surface area (Å²) in [5.41, 5.74) is 0.918. The summed E-state index contributed by atoms with van der Waals surface area (Å²) < 4.78 is 6.91. The van der Waals surface area contributed by atoms with Crippen LogP contribution in [0.2, 0.25) is 18.1 Å². The second-order valence-electron chi connectivity index (χ2n) is 13.9. The third kappa shape index (κ3) is 3.57. The molecule has 0 spiro atoms. The first-order valence-electron chi connectivity index (χ1n) is 13.2. The smallest absolute Gasteiger partial charge is 0.192 e. The fourth-order valence-corrected chi connectivity index (χ4v) is 10.2. The molecule has 3 heteroatoms. The molecule has 0 aliphatic heterocycles. The van der Waals surface area contributed by atoms with Crippen molar-refractivity contribution in [2.45, 2.75) is 130 Å². The number of aliphatic hydroxyl groups excluding tert-OH is 1. The lowest BCUT2D eigenvalue weighted by molar-refractivity contribution is -0.130. The van der Waals surface area contributed by atoms with Crippen molar-refractivity contribution in [2.24, 2.45) is 40.4 Å². The minimum Gasteiger partial charge on any atom is -0.414 e. The Labute approximate surface area is 188 Å². The first-order valence-corrected chi connectivity index (χ1v) is 16.1. The topological polar surface area (TPSA) is 29.5 Å². The van der Waals surface area contributed by atoms with Crippen LogP contribution in [-0.2, 0) is 4.43 Å². The van der Waals surface area contributed by atoms with Crippen LogP contribution in [0.15, 0.2) is 0 Å². The third-order valence-electron chi connectivity index (χ3n) is 11.5. The Morgan fingerprint density at radius 2 is 1.53 bits per heavy atom. The van der Waals surface area contributed by atoms with Crippen molar-refractivity contribution >= 4 is 8.32 Å². The van der Waals surface area contributed by atoms with Crippen LogP contribution in [0.3, 0.4) is 0 Å². The molecular formula is C27H50O2Si. The number of fused-ring (bicyclic) bond motifs is 5. The molecule has 4 saturated carbocycles. The van der Waals surface area contributed by atoms with Gasteiger partial charge in [-0.2, -0.15) is 0 Å². The highest BCUT2D eigenvalue weighted by Crippen LogP contribution is 2.68. The number of rotatable bonds is 3. The molecule has 4 fully saturated rings. The van der Waals surface area contributed by atoms with Gasteiger partial charge in [-0.05, 0) is 123 Å². The van der Waals surface area contributed by atoms with Crippen LogP contribution >= 0.6 is 0 Å². The molecule has 4 aliphatic rings.